The number of aliphatic hydroxyl groups excluding tert-OH is 1. The van der Waals surface area contributed by atoms with Crippen LogP contribution in [0.15, 0.2) is 56.6 Å². The van der Waals surface area contributed by atoms with Gasteiger partial charge in [-0.2, -0.15) is 0 Å². The molecule has 0 saturated heterocycles. The molecule has 7 nitrogen and oxygen atoms in total. The maximum atomic E-state index is 12.7. The summed E-state index contributed by atoms with van der Waals surface area (Å²) in [6, 6.07) is 12.7. The summed E-state index contributed by atoms with van der Waals surface area (Å²) in [6.45, 7) is 4.22. The van der Waals surface area contributed by atoms with E-state index in [1.807, 2.05) is 25.1 Å². The van der Waals surface area contributed by atoms with E-state index in [1.165, 1.54) is 55.9 Å². The average Bonchev–Trinajstić information content (AvgIpc) is 2.96. The molecule has 0 radical (unpaired) electrons. The van der Waals surface area contributed by atoms with E-state index in [0.29, 0.717) is 24.6 Å². The first-order valence-corrected chi connectivity index (χ1v) is 16.1. The van der Waals surface area contributed by atoms with Crippen LogP contribution in [0.1, 0.15) is 117 Å². The van der Waals surface area contributed by atoms with E-state index in [-0.39, 0.29) is 12.0 Å². The van der Waals surface area contributed by atoms with Crippen molar-refractivity contribution in [1.29, 1.82) is 0 Å². The fourth-order valence-corrected chi connectivity index (χ4v) is 6.62. The molecule has 0 aliphatic carbocycles. The number of thioether (sulfide) groups is 1. The minimum Gasteiger partial charge on any atom is -0.481 e. The molecule has 228 valence electrons. The summed E-state index contributed by atoms with van der Waals surface area (Å²) in [5, 5.41) is 29.9. The number of rotatable bonds is 19. The van der Waals surface area contributed by atoms with Gasteiger partial charge in [0.05, 0.1) is 16.7 Å². The third-order valence-electron chi connectivity index (χ3n) is 7.51. The molecular weight excluding hydrogens is 552 g/mol. The molecule has 2 aromatic carbocycles. The van der Waals surface area contributed by atoms with Gasteiger partial charge in [-0.05, 0) is 55.4 Å². The van der Waals surface area contributed by atoms with E-state index >= 15 is 0 Å². The number of unbranched alkanes of at least 4 members (excludes halogenated alkanes) is 6. The molecule has 3 rings (SSSR count). The van der Waals surface area contributed by atoms with Gasteiger partial charge in [0.1, 0.15) is 5.58 Å². The second kappa shape index (κ2) is 17.1. The quantitative estimate of drug-likeness (QED) is 0.0934. The van der Waals surface area contributed by atoms with Crippen molar-refractivity contribution < 1.29 is 29.3 Å². The van der Waals surface area contributed by atoms with Gasteiger partial charge < -0.3 is 19.7 Å². The van der Waals surface area contributed by atoms with Crippen LogP contribution in [0.25, 0.3) is 11.0 Å². The summed E-state index contributed by atoms with van der Waals surface area (Å²) in [5.74, 6) is -2.61. The van der Waals surface area contributed by atoms with E-state index in [0.717, 1.165) is 41.4 Å². The molecule has 42 heavy (non-hydrogen) atoms. The Labute approximate surface area is 252 Å². The number of carbonyl (C=O) groups is 2. The molecule has 0 amide bonds. The molecule has 0 aliphatic heterocycles. The second-order valence-corrected chi connectivity index (χ2v) is 12.1. The molecule has 1 aromatic heterocycles. The minimum absolute atomic E-state index is 0.0209. The van der Waals surface area contributed by atoms with Gasteiger partial charge in [0, 0.05) is 22.9 Å². The molecule has 0 saturated carbocycles. The molecular formula is C34H44O7S. The van der Waals surface area contributed by atoms with Crippen molar-refractivity contribution >= 4 is 34.7 Å². The van der Waals surface area contributed by atoms with Crippen LogP contribution in [0.5, 0.6) is 0 Å². The van der Waals surface area contributed by atoms with Crippen molar-refractivity contribution in [2.75, 3.05) is 0 Å². The Morgan fingerprint density at radius 1 is 0.881 bits per heavy atom. The van der Waals surface area contributed by atoms with Crippen LogP contribution in [-0.2, 0) is 17.6 Å². The highest BCUT2D eigenvalue weighted by Crippen LogP contribution is 2.43. The first-order valence-electron chi connectivity index (χ1n) is 15.2. The third kappa shape index (κ3) is 9.73. The number of fused-ring (bicyclic) bond motifs is 1. The fraction of sp³-hybridized carbons (Fsp3) is 0.500. The van der Waals surface area contributed by atoms with Crippen LogP contribution in [0.4, 0.5) is 0 Å². The molecule has 2 atom stereocenters. The number of hydrogen-bond donors (Lipinski definition) is 3. The number of carboxylic acid groups (broad SMARTS) is 2. The number of aryl methyl sites for hydroxylation is 2. The summed E-state index contributed by atoms with van der Waals surface area (Å²) in [4.78, 5) is 36.2. The van der Waals surface area contributed by atoms with Gasteiger partial charge >= 0.3 is 11.9 Å². The number of aliphatic carboxylic acids is 1. The zero-order valence-corrected chi connectivity index (χ0v) is 25.6. The Kier molecular flexibility index (Phi) is 13.6. The Balaban J connectivity index is 1.92. The van der Waals surface area contributed by atoms with Crippen molar-refractivity contribution in [3.05, 3.63) is 75.1 Å². The van der Waals surface area contributed by atoms with E-state index in [2.05, 4.69) is 19.1 Å². The molecule has 3 aromatic rings. The van der Waals surface area contributed by atoms with Gasteiger partial charge in [-0.25, -0.2) is 4.79 Å². The maximum Gasteiger partial charge on any atom is 0.371 e. The van der Waals surface area contributed by atoms with Crippen molar-refractivity contribution in [2.24, 2.45) is 0 Å². The molecule has 0 fully saturated rings. The highest BCUT2D eigenvalue weighted by molar-refractivity contribution is 7.99. The highest BCUT2D eigenvalue weighted by Gasteiger charge is 2.26. The molecule has 3 N–H and O–H groups in total. The fourth-order valence-electron chi connectivity index (χ4n) is 5.29. The standard InChI is InChI=1S/C34H44O7S/c1-3-5-6-7-8-9-10-14-23-15-11-16-24(21-23)33(27(35)17-12-18-31(37)38)42-30-20-19-25-28(36)22-29(34(39)40)41-32(25)26(30)13-4-2/h11,15-16,19-22,27,33,35H,3-10,12-14,17-18H2,1-2H3,(H,37,38)(H,39,40). The van der Waals surface area contributed by atoms with Gasteiger partial charge in [-0.1, -0.05) is 83.1 Å². The summed E-state index contributed by atoms with van der Waals surface area (Å²) >= 11 is 1.45. The monoisotopic (exact) mass is 596 g/mol. The largest absolute Gasteiger partial charge is 0.481 e. The first kappa shape index (κ1) is 33.4. The Morgan fingerprint density at radius 2 is 1.62 bits per heavy atom. The predicted molar refractivity (Wildman–Crippen MR) is 168 cm³/mol. The molecule has 2 unspecified atom stereocenters. The van der Waals surface area contributed by atoms with E-state index in [4.69, 9.17) is 9.52 Å². The van der Waals surface area contributed by atoms with Crippen LogP contribution in [-0.4, -0.2) is 33.4 Å². The molecule has 8 heteroatoms. The van der Waals surface area contributed by atoms with Gasteiger partial charge in [0.15, 0.2) is 5.43 Å². The lowest BCUT2D eigenvalue weighted by Crippen LogP contribution is -2.17. The Hall–Kier alpha value is -3.10. The van der Waals surface area contributed by atoms with Crippen molar-refractivity contribution in [3.63, 3.8) is 0 Å². The van der Waals surface area contributed by atoms with Crippen molar-refractivity contribution in [2.45, 2.75) is 114 Å². The van der Waals surface area contributed by atoms with Gasteiger partial charge in [0.25, 0.3) is 0 Å². The number of hydrogen-bond acceptors (Lipinski definition) is 6. The average molecular weight is 597 g/mol. The summed E-state index contributed by atoms with van der Waals surface area (Å²) in [5.41, 5.74) is 2.74. The maximum absolute atomic E-state index is 12.7. The lowest BCUT2D eigenvalue weighted by atomic mass is 9.98. The van der Waals surface area contributed by atoms with Crippen LogP contribution in [0, 0.1) is 0 Å². The number of benzene rings is 2. The SMILES string of the molecule is CCCCCCCCCc1cccc(C(Sc2ccc3c(=O)cc(C(=O)O)oc3c2CCC)C(O)CCCC(=O)O)c1. The lowest BCUT2D eigenvalue weighted by molar-refractivity contribution is -0.137. The summed E-state index contributed by atoms with van der Waals surface area (Å²) in [6.07, 6.45) is 10.7. The van der Waals surface area contributed by atoms with E-state index in [1.54, 1.807) is 6.07 Å². The molecule has 0 bridgehead atoms. The Morgan fingerprint density at radius 3 is 2.31 bits per heavy atom. The van der Waals surface area contributed by atoms with Crippen molar-refractivity contribution in [1.82, 2.24) is 0 Å². The normalized spacial score (nSPS) is 12.8. The number of carboxylic acids is 2. The van der Waals surface area contributed by atoms with E-state index in [9.17, 15) is 24.6 Å². The van der Waals surface area contributed by atoms with E-state index < -0.39 is 34.5 Å². The first-order chi connectivity index (χ1) is 20.2. The highest BCUT2D eigenvalue weighted by atomic mass is 32.2. The van der Waals surface area contributed by atoms with Crippen LogP contribution < -0.4 is 5.43 Å². The van der Waals surface area contributed by atoms with Crippen LogP contribution >= 0.6 is 11.8 Å². The zero-order chi connectivity index (χ0) is 30.5. The van der Waals surface area contributed by atoms with Crippen LogP contribution in [0.2, 0.25) is 0 Å². The van der Waals surface area contributed by atoms with Gasteiger partial charge in [0.2, 0.25) is 5.76 Å². The smallest absolute Gasteiger partial charge is 0.371 e. The summed E-state index contributed by atoms with van der Waals surface area (Å²) < 4.78 is 5.73. The second-order valence-electron chi connectivity index (χ2n) is 11.0. The zero-order valence-electron chi connectivity index (χ0n) is 24.8. The minimum atomic E-state index is -1.31. The topological polar surface area (TPSA) is 125 Å². The summed E-state index contributed by atoms with van der Waals surface area (Å²) in [7, 11) is 0. The van der Waals surface area contributed by atoms with Crippen molar-refractivity contribution in [3.8, 4) is 0 Å². The molecule has 0 aliphatic rings. The number of aromatic carboxylic acids is 1. The third-order valence-corrected chi connectivity index (χ3v) is 8.99. The molecule has 1 heterocycles. The predicted octanol–water partition coefficient (Wildman–Crippen LogP) is 8.19. The van der Waals surface area contributed by atoms with Crippen LogP contribution in [0.3, 0.4) is 0 Å². The van der Waals surface area contributed by atoms with Gasteiger partial charge in [-0.3, -0.25) is 9.59 Å². The lowest BCUT2D eigenvalue weighted by Gasteiger charge is -2.25. The van der Waals surface area contributed by atoms with Gasteiger partial charge in [-0.15, -0.1) is 11.8 Å². The molecule has 0 spiro atoms. The number of aliphatic hydroxyl groups is 1. The Bertz CT molecular complexity index is 1380.